The molecule has 0 amide bonds. The Labute approximate surface area is 76.1 Å². The molecule has 0 aromatic rings. The lowest BCUT2D eigenvalue weighted by atomic mass is 9.99. The maximum atomic E-state index is 11.3. The standard InChI is InChI=1S/C9H12O2S/c1-5(10)12-9-4-6-2-7(9)8(11)3-6/h6-7,9H,2-4H2,1H3/t6-,7+,9-/m0/s1. The molecule has 3 atom stereocenters. The molecule has 2 aliphatic carbocycles. The summed E-state index contributed by atoms with van der Waals surface area (Å²) in [6.45, 7) is 1.58. The van der Waals surface area contributed by atoms with E-state index in [9.17, 15) is 9.59 Å². The Kier molecular flexibility index (Phi) is 1.99. The fourth-order valence-electron chi connectivity index (χ4n) is 2.38. The molecule has 0 heterocycles. The fraction of sp³-hybridized carbons (Fsp3) is 0.778. The number of Topliss-reactive ketones (excluding diaryl/α,β-unsaturated/α-hetero) is 1. The topological polar surface area (TPSA) is 34.1 Å². The minimum atomic E-state index is 0.153. The Morgan fingerprint density at radius 3 is 2.75 bits per heavy atom. The van der Waals surface area contributed by atoms with E-state index in [-0.39, 0.29) is 11.0 Å². The molecule has 12 heavy (non-hydrogen) atoms. The second-order valence-electron chi connectivity index (χ2n) is 3.76. The maximum absolute atomic E-state index is 11.3. The molecule has 0 saturated heterocycles. The van der Waals surface area contributed by atoms with Crippen molar-refractivity contribution >= 4 is 22.7 Å². The first kappa shape index (κ1) is 8.30. The van der Waals surface area contributed by atoms with Gasteiger partial charge in [0.1, 0.15) is 5.78 Å². The van der Waals surface area contributed by atoms with Crippen molar-refractivity contribution in [3.63, 3.8) is 0 Å². The van der Waals surface area contributed by atoms with E-state index >= 15 is 0 Å². The van der Waals surface area contributed by atoms with Crippen LogP contribution in [0.3, 0.4) is 0 Å². The van der Waals surface area contributed by atoms with E-state index in [1.807, 2.05) is 0 Å². The molecule has 2 aliphatic rings. The molecule has 66 valence electrons. The van der Waals surface area contributed by atoms with E-state index in [2.05, 4.69) is 0 Å². The van der Waals surface area contributed by atoms with Crippen molar-refractivity contribution in [3.05, 3.63) is 0 Å². The second kappa shape index (κ2) is 2.87. The zero-order valence-corrected chi connectivity index (χ0v) is 7.89. The number of rotatable bonds is 1. The van der Waals surface area contributed by atoms with Gasteiger partial charge in [0, 0.05) is 24.5 Å². The highest BCUT2D eigenvalue weighted by Gasteiger charge is 2.46. The SMILES string of the molecule is CC(=O)S[C@H]1C[C@@H]2CC(=O)[C@H]1C2. The lowest BCUT2D eigenvalue weighted by Crippen LogP contribution is -2.22. The van der Waals surface area contributed by atoms with Crippen molar-refractivity contribution in [2.75, 3.05) is 0 Å². The van der Waals surface area contributed by atoms with Crippen LogP contribution >= 0.6 is 11.8 Å². The van der Waals surface area contributed by atoms with Gasteiger partial charge in [0.05, 0.1) is 0 Å². The molecule has 0 spiro atoms. The molecule has 2 saturated carbocycles. The average Bonchev–Trinajstić information content (AvgIpc) is 2.43. The van der Waals surface area contributed by atoms with Crippen LogP contribution in [-0.2, 0) is 9.59 Å². The smallest absolute Gasteiger partial charge is 0.186 e. The maximum Gasteiger partial charge on any atom is 0.186 e. The van der Waals surface area contributed by atoms with Crippen molar-refractivity contribution in [1.29, 1.82) is 0 Å². The molecular formula is C9H12O2S. The van der Waals surface area contributed by atoms with Gasteiger partial charge in [-0.25, -0.2) is 0 Å². The van der Waals surface area contributed by atoms with Crippen LogP contribution in [0.4, 0.5) is 0 Å². The van der Waals surface area contributed by atoms with Crippen molar-refractivity contribution in [2.24, 2.45) is 11.8 Å². The molecule has 2 nitrogen and oxygen atoms in total. The van der Waals surface area contributed by atoms with Gasteiger partial charge in [-0.3, -0.25) is 9.59 Å². The number of carbonyl (C=O) groups is 2. The fourth-order valence-corrected chi connectivity index (χ4v) is 3.61. The van der Waals surface area contributed by atoms with Crippen LogP contribution in [0.15, 0.2) is 0 Å². The molecule has 2 bridgehead atoms. The summed E-state index contributed by atoms with van der Waals surface area (Å²) < 4.78 is 0. The summed E-state index contributed by atoms with van der Waals surface area (Å²) in [5.41, 5.74) is 0. The summed E-state index contributed by atoms with van der Waals surface area (Å²) in [5.74, 6) is 1.20. The molecule has 0 unspecified atom stereocenters. The van der Waals surface area contributed by atoms with Crippen LogP contribution in [0.25, 0.3) is 0 Å². The number of carbonyl (C=O) groups excluding carboxylic acids is 2. The largest absolute Gasteiger partial charge is 0.299 e. The molecule has 0 aromatic carbocycles. The van der Waals surface area contributed by atoms with E-state index in [1.54, 1.807) is 6.92 Å². The Hall–Kier alpha value is -0.310. The van der Waals surface area contributed by atoms with Gasteiger partial charge in [-0.2, -0.15) is 0 Å². The number of thioether (sulfide) groups is 1. The Balaban J connectivity index is 2.02. The summed E-state index contributed by atoms with van der Waals surface area (Å²) in [6, 6.07) is 0. The third-order valence-corrected chi connectivity index (χ3v) is 3.98. The minimum absolute atomic E-state index is 0.153. The number of hydrogen-bond donors (Lipinski definition) is 0. The van der Waals surface area contributed by atoms with E-state index in [4.69, 9.17) is 0 Å². The highest BCUT2D eigenvalue weighted by Crippen LogP contribution is 2.47. The molecule has 0 N–H and O–H groups in total. The molecular weight excluding hydrogens is 172 g/mol. The zero-order chi connectivity index (χ0) is 8.72. The summed E-state index contributed by atoms with van der Waals surface area (Å²) >= 11 is 1.37. The predicted octanol–water partition coefficient (Wildman–Crippen LogP) is 1.63. The van der Waals surface area contributed by atoms with Crippen LogP contribution in [0, 0.1) is 11.8 Å². The Morgan fingerprint density at radius 2 is 2.25 bits per heavy atom. The lowest BCUT2D eigenvalue weighted by molar-refractivity contribution is -0.121. The van der Waals surface area contributed by atoms with E-state index in [0.29, 0.717) is 17.0 Å². The van der Waals surface area contributed by atoms with Crippen LogP contribution in [0.5, 0.6) is 0 Å². The quantitative estimate of drug-likeness (QED) is 0.621. The van der Waals surface area contributed by atoms with E-state index < -0.39 is 0 Å². The Bertz CT molecular complexity index is 237. The van der Waals surface area contributed by atoms with E-state index in [0.717, 1.165) is 19.3 Å². The first-order valence-electron chi connectivity index (χ1n) is 4.36. The van der Waals surface area contributed by atoms with Crippen molar-refractivity contribution in [2.45, 2.75) is 31.4 Å². The molecule has 0 radical (unpaired) electrons. The monoisotopic (exact) mass is 184 g/mol. The highest BCUT2D eigenvalue weighted by molar-refractivity contribution is 8.14. The van der Waals surface area contributed by atoms with Crippen molar-refractivity contribution < 1.29 is 9.59 Å². The Morgan fingerprint density at radius 1 is 1.50 bits per heavy atom. The van der Waals surface area contributed by atoms with Crippen LogP contribution < -0.4 is 0 Å². The van der Waals surface area contributed by atoms with Gasteiger partial charge < -0.3 is 0 Å². The third-order valence-electron chi connectivity index (χ3n) is 2.82. The molecule has 3 heteroatoms. The highest BCUT2D eigenvalue weighted by atomic mass is 32.2. The van der Waals surface area contributed by atoms with Gasteiger partial charge in [-0.05, 0) is 18.8 Å². The first-order valence-corrected chi connectivity index (χ1v) is 5.24. The van der Waals surface area contributed by atoms with Gasteiger partial charge in [0.15, 0.2) is 5.12 Å². The second-order valence-corrected chi connectivity index (χ2v) is 5.18. The summed E-state index contributed by atoms with van der Waals surface area (Å²) in [6.07, 6.45) is 2.91. The third kappa shape index (κ3) is 1.30. The van der Waals surface area contributed by atoms with E-state index in [1.165, 1.54) is 11.8 Å². The van der Waals surface area contributed by atoms with Gasteiger partial charge in [0.25, 0.3) is 0 Å². The van der Waals surface area contributed by atoms with Crippen LogP contribution in [0.2, 0.25) is 0 Å². The first-order chi connectivity index (χ1) is 5.66. The lowest BCUT2D eigenvalue weighted by Gasteiger charge is -2.18. The van der Waals surface area contributed by atoms with Crippen LogP contribution in [0.1, 0.15) is 26.2 Å². The predicted molar refractivity (Wildman–Crippen MR) is 47.9 cm³/mol. The zero-order valence-electron chi connectivity index (χ0n) is 7.08. The van der Waals surface area contributed by atoms with Crippen molar-refractivity contribution in [1.82, 2.24) is 0 Å². The minimum Gasteiger partial charge on any atom is -0.299 e. The number of hydrogen-bond acceptors (Lipinski definition) is 3. The molecule has 0 aromatic heterocycles. The average molecular weight is 184 g/mol. The summed E-state index contributed by atoms with van der Waals surface area (Å²) in [4.78, 5) is 22.1. The van der Waals surface area contributed by atoms with Gasteiger partial charge in [0.2, 0.25) is 0 Å². The summed E-state index contributed by atoms with van der Waals surface area (Å²) in [5, 5.41) is 0.467. The molecule has 2 rings (SSSR count). The normalized spacial score (nSPS) is 39.1. The van der Waals surface area contributed by atoms with Gasteiger partial charge in [-0.15, -0.1) is 0 Å². The van der Waals surface area contributed by atoms with Crippen molar-refractivity contribution in [3.8, 4) is 0 Å². The van der Waals surface area contributed by atoms with Gasteiger partial charge >= 0.3 is 0 Å². The summed E-state index contributed by atoms with van der Waals surface area (Å²) in [7, 11) is 0. The van der Waals surface area contributed by atoms with Gasteiger partial charge in [-0.1, -0.05) is 11.8 Å². The van der Waals surface area contributed by atoms with Crippen LogP contribution in [-0.4, -0.2) is 16.1 Å². The molecule has 0 aliphatic heterocycles. The number of ketones is 1. The molecule has 2 fully saturated rings. The number of fused-ring (bicyclic) bond motifs is 2.